The summed E-state index contributed by atoms with van der Waals surface area (Å²) < 4.78 is 2.55. The van der Waals surface area contributed by atoms with Gasteiger partial charge in [0.05, 0.1) is 6.04 Å². The summed E-state index contributed by atoms with van der Waals surface area (Å²) in [5.74, 6) is 2.92. The summed E-state index contributed by atoms with van der Waals surface area (Å²) in [6.07, 6.45) is 22.3. The Morgan fingerprint density at radius 1 is 1.16 bits per heavy atom. The number of aromatic nitrogens is 2. The van der Waals surface area contributed by atoms with Crippen LogP contribution >= 0.6 is 0 Å². The van der Waals surface area contributed by atoms with E-state index in [-0.39, 0.29) is 41.0 Å². The molecule has 9 heteroatoms. The number of piperazine rings is 1. The molecule has 5 heterocycles. The minimum atomic E-state index is -0.122. The minimum absolute atomic E-state index is 0. The number of benzene rings is 1. The molecule has 2 saturated heterocycles. The maximum absolute atomic E-state index is 6.66. The normalized spacial score (nSPS) is 18.6. The predicted molar refractivity (Wildman–Crippen MR) is 229 cm³/mol. The summed E-state index contributed by atoms with van der Waals surface area (Å²) in [6, 6.07) is 10.1. The molecule has 6 rings (SSSR count). The van der Waals surface area contributed by atoms with Gasteiger partial charge in [-0.1, -0.05) is 44.7 Å². The Bertz CT molecular complexity index is 1820. The van der Waals surface area contributed by atoms with Crippen molar-refractivity contribution in [2.75, 3.05) is 63.8 Å². The molecule has 2 atom stereocenters. The maximum Gasteiger partial charge on any atom is 1.00 e. The van der Waals surface area contributed by atoms with Crippen LogP contribution in [0.1, 0.15) is 95.9 Å². The van der Waals surface area contributed by atoms with Gasteiger partial charge in [-0.05, 0) is 105 Å². The number of nitrogens with one attached hydrogen (secondary N) is 1. The number of terminal acetylenes is 1. The molecule has 1 aromatic carbocycles. The second-order valence-electron chi connectivity index (χ2n) is 16.7. The van der Waals surface area contributed by atoms with Gasteiger partial charge in [-0.25, -0.2) is 6.42 Å². The third-order valence-electron chi connectivity index (χ3n) is 12.2. The van der Waals surface area contributed by atoms with E-state index in [1.807, 2.05) is 0 Å². The van der Waals surface area contributed by atoms with E-state index in [0.717, 1.165) is 102 Å². The third kappa shape index (κ3) is 10.4. The molecular formula is C46H67N8Na. The van der Waals surface area contributed by atoms with Crippen LogP contribution in [0.15, 0.2) is 48.8 Å². The van der Waals surface area contributed by atoms with Gasteiger partial charge in [0, 0.05) is 93.3 Å². The van der Waals surface area contributed by atoms with Crippen molar-refractivity contribution in [1.29, 1.82) is 0 Å². The monoisotopic (exact) mass is 755 g/mol. The van der Waals surface area contributed by atoms with Crippen molar-refractivity contribution >= 4 is 22.2 Å². The number of aryl methyl sites for hydroxylation is 1. The third-order valence-corrected chi connectivity index (χ3v) is 12.2. The summed E-state index contributed by atoms with van der Waals surface area (Å²) in [4.78, 5) is 12.9. The Kier molecular flexibility index (Phi) is 15.9. The van der Waals surface area contributed by atoms with E-state index in [0.29, 0.717) is 12.6 Å². The number of fused-ring (bicyclic) bond motifs is 2. The van der Waals surface area contributed by atoms with Crippen LogP contribution in [-0.2, 0) is 13.0 Å². The first-order valence-electron chi connectivity index (χ1n) is 20.8. The number of piperidine rings is 1. The van der Waals surface area contributed by atoms with Gasteiger partial charge in [-0.3, -0.25) is 14.8 Å². The topological polar surface area (TPSA) is 91.6 Å². The van der Waals surface area contributed by atoms with E-state index in [1.165, 1.54) is 70.4 Å². The van der Waals surface area contributed by atoms with Gasteiger partial charge in [0.15, 0.2) is 0 Å². The zero-order chi connectivity index (χ0) is 38.2. The van der Waals surface area contributed by atoms with E-state index >= 15 is 0 Å². The van der Waals surface area contributed by atoms with Gasteiger partial charge in [0.1, 0.15) is 0 Å². The minimum Gasteiger partial charge on any atom is -0.388 e. The quantitative estimate of drug-likeness (QED) is 0.0824. The average molecular weight is 755 g/mol. The molecule has 3 aliphatic rings. The average Bonchev–Trinajstić information content (AvgIpc) is 3.49. The van der Waals surface area contributed by atoms with Gasteiger partial charge in [-0.15, -0.1) is 30.9 Å². The van der Waals surface area contributed by atoms with Crippen LogP contribution in [0.2, 0.25) is 0 Å². The van der Waals surface area contributed by atoms with E-state index in [1.54, 1.807) is 0 Å². The summed E-state index contributed by atoms with van der Waals surface area (Å²) in [5.41, 5.74) is 23.5. The summed E-state index contributed by atoms with van der Waals surface area (Å²) in [6.45, 7) is 23.0. The van der Waals surface area contributed by atoms with Gasteiger partial charge >= 0.3 is 29.6 Å². The predicted octanol–water partition coefficient (Wildman–Crippen LogP) is 4.21. The number of anilines is 1. The van der Waals surface area contributed by atoms with E-state index in [9.17, 15) is 0 Å². The molecule has 0 bridgehead atoms. The first kappa shape index (κ1) is 43.4. The molecule has 0 saturated carbocycles. The molecule has 2 fully saturated rings. The Morgan fingerprint density at radius 3 is 2.76 bits per heavy atom. The van der Waals surface area contributed by atoms with Gasteiger partial charge < -0.3 is 26.3 Å². The molecule has 55 heavy (non-hydrogen) atoms. The van der Waals surface area contributed by atoms with E-state index in [4.69, 9.17) is 22.9 Å². The number of hydrogen-bond acceptors (Lipinski definition) is 7. The summed E-state index contributed by atoms with van der Waals surface area (Å²) >= 11 is 0. The molecule has 0 amide bonds. The molecule has 0 radical (unpaired) electrons. The number of nitrogens with two attached hydrogens (primary N) is 2. The van der Waals surface area contributed by atoms with Crippen LogP contribution in [0.5, 0.6) is 0 Å². The Morgan fingerprint density at radius 2 is 2.00 bits per heavy atom. The Labute approximate surface area is 354 Å². The number of hydrogen-bond donors (Lipinski definition) is 3. The zero-order valence-corrected chi connectivity index (χ0v) is 36.8. The van der Waals surface area contributed by atoms with Crippen molar-refractivity contribution in [2.24, 2.45) is 16.9 Å². The first-order chi connectivity index (χ1) is 26.2. The molecule has 2 aromatic heterocycles. The zero-order valence-electron chi connectivity index (χ0n) is 34.8. The van der Waals surface area contributed by atoms with Crippen molar-refractivity contribution in [3.05, 3.63) is 72.1 Å². The molecular weight excluding hydrogens is 688 g/mol. The smallest absolute Gasteiger partial charge is 0.388 e. The fraction of sp³-hybridized carbons (Fsp3) is 0.565. The van der Waals surface area contributed by atoms with Crippen molar-refractivity contribution in [3.8, 4) is 23.6 Å². The molecule has 2 unspecified atom stereocenters. The number of pyridine rings is 1. The molecule has 5 N–H and O–H groups in total. The van der Waals surface area contributed by atoms with Crippen LogP contribution in [0, 0.1) is 24.2 Å². The summed E-state index contributed by atoms with van der Waals surface area (Å²) in [7, 11) is 0. The Balaban J connectivity index is 0.00000580. The fourth-order valence-corrected chi connectivity index (χ4v) is 9.07. The molecule has 3 aromatic rings. The maximum atomic E-state index is 6.66. The molecule has 3 aliphatic heterocycles. The Hall–Kier alpha value is -2.74. The molecule has 0 spiro atoms. The standard InChI is InChI=1S/C46H67N8.Na/c1-7-10-20-46(5,6)29-41-39-27-35(36-16-15-23-51(31-36)33-42(48)34(4)49-22-13-12-21-47)18-19-44(39)54(9-3)45(41)40-28-38(30-50-43(40)8-2)53-26-25-52-24-14-11-17-37(52)32-53;/h1,8,16,18-19,27-28,30,37,42,49H,4,9-15,17,20-26,29,31-33,47-48H2,2-3,5-6H3;/q-1;+1. The fourth-order valence-electron chi connectivity index (χ4n) is 9.07. The second kappa shape index (κ2) is 20.1. The van der Waals surface area contributed by atoms with Gasteiger partial charge in [-0.2, -0.15) is 0 Å². The van der Waals surface area contributed by atoms with Crippen LogP contribution in [0.25, 0.3) is 27.7 Å². The SMILES string of the molecule is C#CCCC(C)(C)Cc1c(-c2cc(N3CCN4CCCCC4C3)cnc2[CH-]C)n(CC)c2ccc(C3=CCCN(CC(N)C(=C)NCCCCN)C3)cc12.[Na+]. The number of nitrogens with zero attached hydrogens (tertiary/aromatic N) is 5. The second-order valence-corrected chi connectivity index (χ2v) is 16.7. The molecule has 292 valence electrons. The van der Waals surface area contributed by atoms with Crippen LogP contribution in [0.4, 0.5) is 5.69 Å². The van der Waals surface area contributed by atoms with Gasteiger partial charge in [0.25, 0.3) is 0 Å². The van der Waals surface area contributed by atoms with Crippen LogP contribution < -0.4 is 51.2 Å². The van der Waals surface area contributed by atoms with Crippen LogP contribution in [0.3, 0.4) is 0 Å². The number of unbranched alkanes of at least 4 members (excludes halogenated alkanes) is 1. The molecule has 0 aliphatic carbocycles. The van der Waals surface area contributed by atoms with Crippen LogP contribution in [-0.4, -0.2) is 90.3 Å². The van der Waals surface area contributed by atoms with Gasteiger partial charge in [0.2, 0.25) is 0 Å². The first-order valence-corrected chi connectivity index (χ1v) is 20.8. The van der Waals surface area contributed by atoms with Crippen molar-refractivity contribution < 1.29 is 29.6 Å². The number of rotatable bonds is 17. The van der Waals surface area contributed by atoms with E-state index in [2.05, 4.69) is 108 Å². The van der Waals surface area contributed by atoms with Crippen molar-refractivity contribution in [2.45, 2.75) is 104 Å². The summed E-state index contributed by atoms with van der Waals surface area (Å²) in [5, 5.41) is 4.77. The van der Waals surface area contributed by atoms with Crippen molar-refractivity contribution in [3.63, 3.8) is 0 Å². The largest absolute Gasteiger partial charge is 1.00 e. The van der Waals surface area contributed by atoms with E-state index < -0.39 is 0 Å². The van der Waals surface area contributed by atoms with Crippen molar-refractivity contribution in [1.82, 2.24) is 24.7 Å². The molecule has 8 nitrogen and oxygen atoms in total.